The fourth-order valence-electron chi connectivity index (χ4n) is 1.63. The third-order valence-electron chi connectivity index (χ3n) is 2.46. The second kappa shape index (κ2) is 5.02. The summed E-state index contributed by atoms with van der Waals surface area (Å²) in [6, 6.07) is 4.29. The molecule has 0 fully saturated rings. The lowest BCUT2D eigenvalue weighted by atomic mass is 9.96. The van der Waals surface area contributed by atoms with Gasteiger partial charge in [0.05, 0.1) is 0 Å². The molecule has 0 bridgehead atoms. The number of hydrogen-bond acceptors (Lipinski definition) is 0. The van der Waals surface area contributed by atoms with Crippen LogP contribution < -0.4 is 0 Å². The van der Waals surface area contributed by atoms with Gasteiger partial charge in [0.15, 0.2) is 0 Å². The Hall–Kier alpha value is -0.720. The van der Waals surface area contributed by atoms with Gasteiger partial charge in [0, 0.05) is 11.9 Å². The van der Waals surface area contributed by atoms with Gasteiger partial charge < -0.3 is 4.98 Å². The second-order valence-electron chi connectivity index (χ2n) is 3.37. The maximum atomic E-state index is 3.30. The molecule has 1 rings (SSSR count). The van der Waals surface area contributed by atoms with E-state index in [1.807, 2.05) is 6.20 Å². The molecule has 1 atom stereocenters. The van der Waals surface area contributed by atoms with E-state index in [1.54, 1.807) is 0 Å². The molecule has 0 saturated carbocycles. The summed E-state index contributed by atoms with van der Waals surface area (Å²) in [6.45, 7) is 4.52. The van der Waals surface area contributed by atoms with Crippen LogP contribution in [0.1, 0.15) is 51.1 Å². The fraction of sp³-hybridized carbons (Fsp3) is 0.636. The summed E-state index contributed by atoms with van der Waals surface area (Å²) in [7, 11) is 0. The summed E-state index contributed by atoms with van der Waals surface area (Å²) >= 11 is 0. The van der Waals surface area contributed by atoms with Gasteiger partial charge in [0.1, 0.15) is 0 Å². The Balaban J connectivity index is 2.45. The fourth-order valence-corrected chi connectivity index (χ4v) is 1.63. The van der Waals surface area contributed by atoms with Crippen molar-refractivity contribution in [2.75, 3.05) is 0 Å². The third-order valence-corrected chi connectivity index (χ3v) is 2.46. The molecule has 1 heterocycles. The molecule has 0 aromatic carbocycles. The minimum absolute atomic E-state index is 0.750. The Morgan fingerprint density at radius 3 is 2.75 bits per heavy atom. The normalized spacial score (nSPS) is 13.2. The molecular weight excluding hydrogens is 146 g/mol. The summed E-state index contributed by atoms with van der Waals surface area (Å²) < 4.78 is 0. The van der Waals surface area contributed by atoms with Crippen molar-refractivity contribution in [3.63, 3.8) is 0 Å². The highest BCUT2D eigenvalue weighted by atomic mass is 14.7. The van der Waals surface area contributed by atoms with Crippen LogP contribution in [0.5, 0.6) is 0 Å². The lowest BCUT2D eigenvalue weighted by Crippen LogP contribution is -1.97. The quantitative estimate of drug-likeness (QED) is 0.684. The van der Waals surface area contributed by atoms with E-state index in [2.05, 4.69) is 31.0 Å². The van der Waals surface area contributed by atoms with Crippen LogP contribution in [0.2, 0.25) is 0 Å². The van der Waals surface area contributed by atoms with E-state index in [1.165, 1.54) is 31.4 Å². The van der Waals surface area contributed by atoms with E-state index in [9.17, 15) is 0 Å². The standard InChI is InChI=1S/C11H19N/c1-3-5-7-10(4-2)11-8-6-9-12-11/h6,8-10,12H,3-5,7H2,1-2H3. The molecule has 12 heavy (non-hydrogen) atoms. The van der Waals surface area contributed by atoms with Crippen molar-refractivity contribution >= 4 is 0 Å². The van der Waals surface area contributed by atoms with Crippen LogP contribution in [0.3, 0.4) is 0 Å². The van der Waals surface area contributed by atoms with Gasteiger partial charge in [-0.05, 0) is 30.9 Å². The van der Waals surface area contributed by atoms with Crippen molar-refractivity contribution in [3.05, 3.63) is 24.0 Å². The predicted octanol–water partition coefficient (Wildman–Crippen LogP) is 3.70. The zero-order valence-electron chi connectivity index (χ0n) is 8.14. The maximum Gasteiger partial charge on any atom is 0.0178 e. The van der Waals surface area contributed by atoms with Crippen LogP contribution in [-0.4, -0.2) is 4.98 Å². The SMILES string of the molecule is CCCCC(CC)c1ccc[nH]1. The van der Waals surface area contributed by atoms with E-state index < -0.39 is 0 Å². The van der Waals surface area contributed by atoms with Gasteiger partial charge in [-0.3, -0.25) is 0 Å². The monoisotopic (exact) mass is 165 g/mol. The number of unbranched alkanes of at least 4 members (excludes halogenated alkanes) is 1. The molecule has 1 unspecified atom stereocenters. The van der Waals surface area contributed by atoms with Gasteiger partial charge in [-0.1, -0.05) is 26.7 Å². The molecule has 0 radical (unpaired) electrons. The minimum atomic E-state index is 0.750. The lowest BCUT2D eigenvalue weighted by Gasteiger charge is -2.11. The number of aromatic amines is 1. The summed E-state index contributed by atoms with van der Waals surface area (Å²) in [6.07, 6.45) is 7.24. The molecule has 0 spiro atoms. The largest absolute Gasteiger partial charge is 0.365 e. The smallest absolute Gasteiger partial charge is 0.0178 e. The molecule has 68 valence electrons. The Kier molecular flexibility index (Phi) is 3.92. The topological polar surface area (TPSA) is 15.8 Å². The zero-order chi connectivity index (χ0) is 8.81. The molecular formula is C11H19N. The molecule has 0 aliphatic carbocycles. The summed E-state index contributed by atoms with van der Waals surface area (Å²) in [5.74, 6) is 0.750. The van der Waals surface area contributed by atoms with E-state index in [0.717, 1.165) is 5.92 Å². The molecule has 1 heteroatoms. The van der Waals surface area contributed by atoms with Gasteiger partial charge in [-0.2, -0.15) is 0 Å². The summed E-state index contributed by atoms with van der Waals surface area (Å²) in [4.78, 5) is 3.30. The first-order chi connectivity index (χ1) is 5.88. The highest BCUT2D eigenvalue weighted by Crippen LogP contribution is 2.23. The Labute approximate surface area is 75.2 Å². The number of nitrogens with one attached hydrogen (secondary N) is 1. The molecule has 0 amide bonds. The number of H-pyrrole nitrogens is 1. The Morgan fingerprint density at radius 1 is 1.42 bits per heavy atom. The average molecular weight is 165 g/mol. The predicted molar refractivity (Wildman–Crippen MR) is 53.3 cm³/mol. The van der Waals surface area contributed by atoms with Crippen molar-refractivity contribution in [2.45, 2.75) is 45.4 Å². The van der Waals surface area contributed by atoms with Crippen LogP contribution in [0.4, 0.5) is 0 Å². The van der Waals surface area contributed by atoms with Crippen molar-refractivity contribution in [1.82, 2.24) is 4.98 Å². The van der Waals surface area contributed by atoms with Crippen LogP contribution in [0.25, 0.3) is 0 Å². The molecule has 0 aliphatic rings. The van der Waals surface area contributed by atoms with Gasteiger partial charge in [0.2, 0.25) is 0 Å². The first-order valence-electron chi connectivity index (χ1n) is 5.01. The molecule has 0 saturated heterocycles. The van der Waals surface area contributed by atoms with Gasteiger partial charge in [0.25, 0.3) is 0 Å². The first-order valence-corrected chi connectivity index (χ1v) is 5.01. The Bertz CT molecular complexity index is 189. The molecule has 1 N–H and O–H groups in total. The number of hydrogen-bond donors (Lipinski definition) is 1. The molecule has 0 aliphatic heterocycles. The molecule has 1 nitrogen and oxygen atoms in total. The zero-order valence-corrected chi connectivity index (χ0v) is 8.14. The van der Waals surface area contributed by atoms with Crippen LogP contribution in [0, 0.1) is 0 Å². The van der Waals surface area contributed by atoms with E-state index in [-0.39, 0.29) is 0 Å². The van der Waals surface area contributed by atoms with Crippen molar-refractivity contribution in [3.8, 4) is 0 Å². The average Bonchev–Trinajstić information content (AvgIpc) is 2.59. The first kappa shape index (κ1) is 9.37. The van der Waals surface area contributed by atoms with Gasteiger partial charge in [-0.15, -0.1) is 0 Å². The van der Waals surface area contributed by atoms with E-state index >= 15 is 0 Å². The van der Waals surface area contributed by atoms with Crippen molar-refractivity contribution in [1.29, 1.82) is 0 Å². The number of aromatic nitrogens is 1. The van der Waals surface area contributed by atoms with Crippen molar-refractivity contribution < 1.29 is 0 Å². The van der Waals surface area contributed by atoms with Crippen molar-refractivity contribution in [2.24, 2.45) is 0 Å². The van der Waals surface area contributed by atoms with Gasteiger partial charge in [-0.25, -0.2) is 0 Å². The summed E-state index contributed by atoms with van der Waals surface area (Å²) in [5, 5.41) is 0. The van der Waals surface area contributed by atoms with Crippen LogP contribution in [-0.2, 0) is 0 Å². The Morgan fingerprint density at radius 2 is 2.25 bits per heavy atom. The van der Waals surface area contributed by atoms with Crippen LogP contribution in [0.15, 0.2) is 18.3 Å². The van der Waals surface area contributed by atoms with Gasteiger partial charge >= 0.3 is 0 Å². The lowest BCUT2D eigenvalue weighted by molar-refractivity contribution is 0.560. The number of rotatable bonds is 5. The van der Waals surface area contributed by atoms with E-state index in [0.29, 0.717) is 0 Å². The highest BCUT2D eigenvalue weighted by Gasteiger charge is 2.08. The third kappa shape index (κ3) is 2.40. The van der Waals surface area contributed by atoms with E-state index in [4.69, 9.17) is 0 Å². The minimum Gasteiger partial charge on any atom is -0.365 e. The second-order valence-corrected chi connectivity index (χ2v) is 3.37. The highest BCUT2D eigenvalue weighted by molar-refractivity contribution is 5.09. The maximum absolute atomic E-state index is 3.30. The van der Waals surface area contributed by atoms with Crippen LogP contribution >= 0.6 is 0 Å². The molecule has 1 aromatic heterocycles. The molecule has 1 aromatic rings. The summed E-state index contributed by atoms with van der Waals surface area (Å²) in [5.41, 5.74) is 1.41.